The van der Waals surface area contributed by atoms with Crippen LogP contribution in [-0.2, 0) is 21.2 Å². The molecular weight excluding hydrogens is 281 g/mol. The van der Waals surface area contributed by atoms with Gasteiger partial charge in [0, 0.05) is 19.1 Å². The Morgan fingerprint density at radius 1 is 1.45 bits per heavy atom. The van der Waals surface area contributed by atoms with Crippen LogP contribution in [0.3, 0.4) is 0 Å². The number of benzene rings is 1. The van der Waals surface area contributed by atoms with Crippen molar-refractivity contribution in [3.05, 3.63) is 35.6 Å². The summed E-state index contributed by atoms with van der Waals surface area (Å²) in [6.07, 6.45) is 0.988. The highest BCUT2D eigenvalue weighted by Gasteiger charge is 2.35. The van der Waals surface area contributed by atoms with Crippen molar-refractivity contribution in [2.45, 2.75) is 25.0 Å². The van der Waals surface area contributed by atoms with Gasteiger partial charge in [-0.05, 0) is 30.5 Å². The van der Waals surface area contributed by atoms with E-state index in [9.17, 15) is 12.8 Å². The van der Waals surface area contributed by atoms with Crippen molar-refractivity contribution in [2.75, 3.05) is 19.8 Å². The Kier molecular flexibility index (Phi) is 5.12. The molecule has 2 rings (SSSR count). The molecule has 1 aliphatic rings. The molecule has 0 spiro atoms. The number of hydrogen-bond donors (Lipinski definition) is 1. The van der Waals surface area contributed by atoms with Gasteiger partial charge in [-0.15, -0.1) is 0 Å². The van der Waals surface area contributed by atoms with Gasteiger partial charge < -0.3 is 4.74 Å². The minimum atomic E-state index is -3.34. The van der Waals surface area contributed by atoms with Crippen LogP contribution >= 0.6 is 0 Å². The fourth-order valence-corrected chi connectivity index (χ4v) is 4.36. The Morgan fingerprint density at radius 3 is 2.95 bits per heavy atom. The van der Waals surface area contributed by atoms with E-state index in [2.05, 4.69) is 4.72 Å². The maximum atomic E-state index is 13.2. The zero-order valence-electron chi connectivity index (χ0n) is 11.5. The molecule has 0 amide bonds. The van der Waals surface area contributed by atoms with Gasteiger partial charge in [0.1, 0.15) is 5.82 Å². The van der Waals surface area contributed by atoms with Crippen LogP contribution in [0.2, 0.25) is 0 Å². The van der Waals surface area contributed by atoms with Crippen LogP contribution in [0.25, 0.3) is 0 Å². The molecule has 0 radical (unpaired) electrons. The number of nitrogens with one attached hydrogen (secondary N) is 1. The fraction of sp³-hybridized carbons (Fsp3) is 0.571. The van der Waals surface area contributed by atoms with Crippen LogP contribution in [0.15, 0.2) is 24.3 Å². The fourth-order valence-electron chi connectivity index (χ4n) is 2.65. The lowest BCUT2D eigenvalue weighted by Crippen LogP contribution is -2.44. The summed E-state index contributed by atoms with van der Waals surface area (Å²) in [4.78, 5) is 0. The highest BCUT2D eigenvalue weighted by atomic mass is 32.2. The van der Waals surface area contributed by atoms with Crippen molar-refractivity contribution >= 4 is 10.0 Å². The predicted octanol–water partition coefficient (Wildman–Crippen LogP) is 1.71. The second-order valence-corrected chi connectivity index (χ2v) is 7.02. The highest BCUT2D eigenvalue weighted by Crippen LogP contribution is 2.25. The molecule has 4 nitrogen and oxygen atoms in total. The van der Waals surface area contributed by atoms with Crippen LogP contribution in [0.5, 0.6) is 0 Å². The summed E-state index contributed by atoms with van der Waals surface area (Å²) in [6, 6.07) is 6.29. The maximum Gasteiger partial charge on any atom is 0.214 e. The molecule has 1 aromatic carbocycles. The van der Waals surface area contributed by atoms with Crippen LogP contribution < -0.4 is 4.72 Å². The summed E-state index contributed by atoms with van der Waals surface area (Å²) in [7, 11) is -3.34. The molecular formula is C14H20FNO3S. The van der Waals surface area contributed by atoms with E-state index in [1.807, 2.05) is 6.07 Å². The van der Waals surface area contributed by atoms with Crippen LogP contribution in [0.1, 0.15) is 18.9 Å². The Morgan fingerprint density at radius 2 is 2.25 bits per heavy atom. The van der Waals surface area contributed by atoms with E-state index in [0.717, 1.165) is 5.56 Å². The van der Waals surface area contributed by atoms with Crippen LogP contribution in [-0.4, -0.2) is 33.4 Å². The molecule has 1 aliphatic heterocycles. The van der Waals surface area contributed by atoms with Crippen molar-refractivity contribution in [3.63, 3.8) is 0 Å². The molecule has 1 heterocycles. The van der Waals surface area contributed by atoms with Gasteiger partial charge in [0.25, 0.3) is 0 Å². The maximum absolute atomic E-state index is 13.2. The average molecular weight is 301 g/mol. The van der Waals surface area contributed by atoms with Gasteiger partial charge in [0.2, 0.25) is 10.0 Å². The second kappa shape index (κ2) is 6.65. The minimum absolute atomic E-state index is 0.144. The van der Waals surface area contributed by atoms with E-state index in [1.54, 1.807) is 13.0 Å². The van der Waals surface area contributed by atoms with E-state index in [4.69, 9.17) is 4.74 Å². The zero-order chi connectivity index (χ0) is 14.6. The lowest BCUT2D eigenvalue weighted by atomic mass is 9.93. The smallest absolute Gasteiger partial charge is 0.214 e. The number of halogens is 1. The van der Waals surface area contributed by atoms with Gasteiger partial charge in [-0.25, -0.2) is 17.5 Å². The molecule has 20 heavy (non-hydrogen) atoms. The zero-order valence-corrected chi connectivity index (χ0v) is 12.3. The highest BCUT2D eigenvalue weighted by molar-refractivity contribution is 7.90. The molecule has 0 unspecified atom stereocenters. The summed E-state index contributed by atoms with van der Waals surface area (Å²) in [6.45, 7) is 2.99. The predicted molar refractivity (Wildman–Crippen MR) is 75.4 cm³/mol. The summed E-state index contributed by atoms with van der Waals surface area (Å²) >= 11 is 0. The Balaban J connectivity index is 2.15. The van der Waals surface area contributed by atoms with E-state index < -0.39 is 15.3 Å². The molecule has 1 aromatic rings. The van der Waals surface area contributed by atoms with Crippen molar-refractivity contribution in [1.29, 1.82) is 0 Å². The molecule has 1 fully saturated rings. The lowest BCUT2D eigenvalue weighted by molar-refractivity contribution is 0.0570. The van der Waals surface area contributed by atoms with Crippen molar-refractivity contribution in [3.8, 4) is 0 Å². The van der Waals surface area contributed by atoms with Gasteiger partial charge in [0.05, 0.1) is 11.9 Å². The van der Waals surface area contributed by atoms with Crippen molar-refractivity contribution in [1.82, 2.24) is 4.72 Å². The first-order valence-electron chi connectivity index (χ1n) is 6.83. The minimum Gasteiger partial charge on any atom is -0.381 e. The average Bonchev–Trinajstić information content (AvgIpc) is 2.39. The topological polar surface area (TPSA) is 55.4 Å². The molecule has 1 N–H and O–H groups in total. The van der Waals surface area contributed by atoms with E-state index in [1.165, 1.54) is 12.1 Å². The number of hydrogen-bond acceptors (Lipinski definition) is 3. The summed E-state index contributed by atoms with van der Waals surface area (Å²) in [5.74, 6) is -0.445. The third-order valence-corrected chi connectivity index (χ3v) is 5.64. The molecule has 0 bridgehead atoms. The monoisotopic (exact) mass is 301 g/mol. The Labute approximate surface area is 119 Å². The van der Waals surface area contributed by atoms with Gasteiger partial charge >= 0.3 is 0 Å². The molecule has 6 heteroatoms. The van der Waals surface area contributed by atoms with E-state index in [-0.39, 0.29) is 11.7 Å². The van der Waals surface area contributed by atoms with Gasteiger partial charge in [-0.3, -0.25) is 0 Å². The molecule has 112 valence electrons. The largest absolute Gasteiger partial charge is 0.381 e. The SMILES string of the molecule is CCNS(=O)(=O)[C@@H]1CCOC[C@H]1Cc1cccc(F)c1. The quantitative estimate of drug-likeness (QED) is 0.901. The Bertz CT molecular complexity index is 547. The summed E-state index contributed by atoms with van der Waals surface area (Å²) < 4.78 is 45.6. The Hall–Kier alpha value is -0.980. The van der Waals surface area contributed by atoms with Gasteiger partial charge in [-0.2, -0.15) is 0 Å². The van der Waals surface area contributed by atoms with E-state index in [0.29, 0.717) is 32.6 Å². The molecule has 2 atom stereocenters. The van der Waals surface area contributed by atoms with Gasteiger partial charge in [-0.1, -0.05) is 19.1 Å². The normalized spacial score (nSPS) is 23.7. The molecule has 0 aliphatic carbocycles. The third kappa shape index (κ3) is 3.77. The first-order valence-corrected chi connectivity index (χ1v) is 8.38. The van der Waals surface area contributed by atoms with Crippen LogP contribution in [0.4, 0.5) is 4.39 Å². The first kappa shape index (κ1) is 15.4. The van der Waals surface area contributed by atoms with Gasteiger partial charge in [0.15, 0.2) is 0 Å². The number of sulfonamides is 1. The molecule has 0 aromatic heterocycles. The van der Waals surface area contributed by atoms with E-state index >= 15 is 0 Å². The number of rotatable bonds is 5. The lowest BCUT2D eigenvalue weighted by Gasteiger charge is -2.31. The molecule has 1 saturated heterocycles. The second-order valence-electron chi connectivity index (χ2n) is 5.04. The van der Waals surface area contributed by atoms with Crippen molar-refractivity contribution < 1.29 is 17.5 Å². The number of ether oxygens (including phenoxy) is 1. The molecule has 0 saturated carbocycles. The standard InChI is InChI=1S/C14H20FNO3S/c1-2-16-20(17,18)14-6-7-19-10-12(14)8-11-4-3-5-13(15)9-11/h3-5,9,12,14,16H,2,6-8,10H2,1H3/t12-,14-/m1/s1. The summed E-state index contributed by atoms with van der Waals surface area (Å²) in [5.41, 5.74) is 0.803. The summed E-state index contributed by atoms with van der Waals surface area (Å²) in [5, 5.41) is -0.473. The third-order valence-electron chi connectivity index (χ3n) is 3.54. The first-order chi connectivity index (χ1) is 9.53. The van der Waals surface area contributed by atoms with Crippen LogP contribution in [0, 0.1) is 11.7 Å². The van der Waals surface area contributed by atoms with Crippen molar-refractivity contribution in [2.24, 2.45) is 5.92 Å².